The number of nitrogens with one attached hydrogen (secondary N) is 1. The number of benzene rings is 2. The molecule has 154 valence electrons. The fourth-order valence-electron chi connectivity index (χ4n) is 4.58. The van der Waals surface area contributed by atoms with Gasteiger partial charge in [0.1, 0.15) is 10.8 Å². The number of anilines is 2. The second-order valence-electron chi connectivity index (χ2n) is 8.09. The number of carbonyl (C=O) groups is 3. The van der Waals surface area contributed by atoms with Gasteiger partial charge in [-0.25, -0.2) is 0 Å². The van der Waals surface area contributed by atoms with Gasteiger partial charge >= 0.3 is 0 Å². The van der Waals surface area contributed by atoms with Crippen molar-refractivity contribution in [3.05, 3.63) is 60.2 Å². The molecule has 5 nitrogen and oxygen atoms in total. The number of carbonyl (C=O) groups excluding carboxylic acids is 3. The fraction of sp³-hybridized carbons (Fsp3) is 0.333. The Morgan fingerprint density at radius 1 is 1.10 bits per heavy atom. The number of ketones is 1. The third-order valence-corrected chi connectivity index (χ3v) is 6.71. The minimum atomic E-state index is -1.07. The van der Waals surface area contributed by atoms with Gasteiger partial charge in [-0.3, -0.25) is 19.3 Å². The Bertz CT molecular complexity index is 1000. The van der Waals surface area contributed by atoms with Crippen molar-refractivity contribution in [1.82, 2.24) is 0 Å². The molecule has 2 aliphatic rings. The number of hydrogen-bond donors (Lipinski definition) is 1. The molecule has 2 fully saturated rings. The summed E-state index contributed by atoms with van der Waals surface area (Å²) in [4.78, 5) is 41.3. The molecule has 1 saturated heterocycles. The van der Waals surface area contributed by atoms with Crippen molar-refractivity contribution in [1.29, 1.82) is 0 Å². The van der Waals surface area contributed by atoms with Crippen molar-refractivity contribution >= 4 is 46.2 Å². The lowest BCUT2D eigenvalue weighted by atomic mass is 9.65. The summed E-state index contributed by atoms with van der Waals surface area (Å²) in [5.74, 6) is -1.34. The van der Waals surface area contributed by atoms with Gasteiger partial charge in [0.25, 0.3) is 0 Å². The molecule has 1 N–H and O–H groups in total. The topological polar surface area (TPSA) is 66.5 Å². The highest BCUT2D eigenvalue weighted by molar-refractivity contribution is 7.81. The van der Waals surface area contributed by atoms with Crippen LogP contribution in [0.15, 0.2) is 54.6 Å². The van der Waals surface area contributed by atoms with E-state index >= 15 is 0 Å². The molecule has 30 heavy (non-hydrogen) atoms. The molecule has 6 heteroatoms. The number of amides is 2. The summed E-state index contributed by atoms with van der Waals surface area (Å²) in [7, 11) is 0. The van der Waals surface area contributed by atoms with Crippen LogP contribution in [0, 0.1) is 18.3 Å². The van der Waals surface area contributed by atoms with Crippen LogP contribution in [0.2, 0.25) is 0 Å². The normalized spacial score (nSPS) is 23.8. The number of nitrogens with zero attached hydrogens (tertiary/aromatic N) is 1. The SMILES string of the molecule is Cc1ccc(N2C(=O)C(CC(=O)Nc3ccccc3)C3(CCCCC3=O)C2=S)cc1. The first-order valence-corrected chi connectivity index (χ1v) is 10.7. The van der Waals surface area contributed by atoms with Gasteiger partial charge in [0, 0.05) is 24.2 Å². The molecule has 1 spiro atoms. The van der Waals surface area contributed by atoms with E-state index in [-0.39, 0.29) is 24.0 Å². The summed E-state index contributed by atoms with van der Waals surface area (Å²) in [6.07, 6.45) is 2.46. The largest absolute Gasteiger partial charge is 0.326 e. The van der Waals surface area contributed by atoms with E-state index < -0.39 is 11.3 Å². The molecule has 0 radical (unpaired) electrons. The molecule has 4 rings (SSSR count). The maximum Gasteiger partial charge on any atom is 0.237 e. The van der Waals surface area contributed by atoms with Crippen molar-refractivity contribution in [2.75, 3.05) is 10.2 Å². The zero-order valence-electron chi connectivity index (χ0n) is 16.9. The first-order valence-electron chi connectivity index (χ1n) is 10.3. The number of rotatable bonds is 4. The van der Waals surface area contributed by atoms with Crippen LogP contribution in [0.25, 0.3) is 0 Å². The van der Waals surface area contributed by atoms with E-state index in [1.807, 2.05) is 49.4 Å². The van der Waals surface area contributed by atoms with Crippen LogP contribution < -0.4 is 10.2 Å². The van der Waals surface area contributed by atoms with Crippen molar-refractivity contribution in [3.63, 3.8) is 0 Å². The molecule has 1 saturated carbocycles. The highest BCUT2D eigenvalue weighted by Crippen LogP contribution is 2.50. The van der Waals surface area contributed by atoms with Crippen LogP contribution in [-0.4, -0.2) is 22.6 Å². The molecule has 2 unspecified atom stereocenters. The summed E-state index contributed by atoms with van der Waals surface area (Å²) in [6, 6.07) is 16.6. The Balaban J connectivity index is 1.68. The second kappa shape index (κ2) is 8.11. The van der Waals surface area contributed by atoms with Gasteiger partial charge in [0.15, 0.2) is 0 Å². The molecular weight excluding hydrogens is 396 g/mol. The zero-order valence-corrected chi connectivity index (χ0v) is 17.7. The van der Waals surface area contributed by atoms with E-state index in [4.69, 9.17) is 12.2 Å². The van der Waals surface area contributed by atoms with Crippen molar-refractivity contribution in [3.8, 4) is 0 Å². The Labute approximate surface area is 181 Å². The first kappa shape index (κ1) is 20.4. The Kier molecular flexibility index (Phi) is 5.52. The molecule has 1 heterocycles. The molecule has 1 aliphatic heterocycles. The van der Waals surface area contributed by atoms with Gasteiger partial charge in [0.05, 0.1) is 11.3 Å². The first-order chi connectivity index (χ1) is 14.4. The number of Topliss-reactive ketones (excluding diaryl/α,β-unsaturated/α-hetero) is 1. The minimum absolute atomic E-state index is 0.0146. The summed E-state index contributed by atoms with van der Waals surface area (Å²) >= 11 is 5.75. The predicted octanol–water partition coefficient (Wildman–Crippen LogP) is 4.44. The number of para-hydroxylation sites is 1. The van der Waals surface area contributed by atoms with Gasteiger partial charge in [-0.2, -0.15) is 0 Å². The summed E-state index contributed by atoms with van der Waals surface area (Å²) in [6.45, 7) is 1.97. The van der Waals surface area contributed by atoms with Gasteiger partial charge in [-0.15, -0.1) is 0 Å². The zero-order chi connectivity index (χ0) is 21.3. The lowest BCUT2D eigenvalue weighted by Crippen LogP contribution is -2.45. The molecule has 2 amide bonds. The van der Waals surface area contributed by atoms with E-state index in [1.54, 1.807) is 12.1 Å². The lowest BCUT2D eigenvalue weighted by molar-refractivity contribution is -0.136. The Morgan fingerprint density at radius 2 is 1.80 bits per heavy atom. The average molecular weight is 421 g/mol. The monoisotopic (exact) mass is 420 g/mol. The molecular formula is C24H24N2O3S. The van der Waals surface area contributed by atoms with Crippen LogP contribution in [-0.2, 0) is 14.4 Å². The van der Waals surface area contributed by atoms with E-state index in [1.165, 1.54) is 4.90 Å². The second-order valence-corrected chi connectivity index (χ2v) is 8.47. The van der Waals surface area contributed by atoms with Gasteiger partial charge in [-0.1, -0.05) is 54.5 Å². The van der Waals surface area contributed by atoms with Crippen LogP contribution in [0.4, 0.5) is 11.4 Å². The summed E-state index contributed by atoms with van der Waals surface area (Å²) in [5, 5.41) is 2.84. The molecule has 2 aromatic rings. The third kappa shape index (κ3) is 3.45. The van der Waals surface area contributed by atoms with Crippen molar-refractivity contribution in [2.24, 2.45) is 11.3 Å². The van der Waals surface area contributed by atoms with Crippen LogP contribution in [0.3, 0.4) is 0 Å². The summed E-state index contributed by atoms with van der Waals surface area (Å²) in [5.41, 5.74) is 1.32. The van der Waals surface area contributed by atoms with Crippen LogP contribution in [0.1, 0.15) is 37.7 Å². The van der Waals surface area contributed by atoms with E-state index in [0.717, 1.165) is 18.4 Å². The van der Waals surface area contributed by atoms with Gasteiger partial charge in [-0.05, 0) is 44.0 Å². The third-order valence-electron chi connectivity index (χ3n) is 6.16. The van der Waals surface area contributed by atoms with Crippen LogP contribution >= 0.6 is 12.2 Å². The Hall–Kier alpha value is -2.86. The average Bonchev–Trinajstić information content (AvgIpc) is 2.93. The maximum atomic E-state index is 13.5. The smallest absolute Gasteiger partial charge is 0.237 e. The van der Waals surface area contributed by atoms with E-state index in [0.29, 0.717) is 29.2 Å². The predicted molar refractivity (Wildman–Crippen MR) is 120 cm³/mol. The number of aryl methyl sites for hydroxylation is 1. The quantitative estimate of drug-likeness (QED) is 0.743. The lowest BCUT2D eigenvalue weighted by Gasteiger charge is -2.35. The van der Waals surface area contributed by atoms with Gasteiger partial charge in [0.2, 0.25) is 11.8 Å². The summed E-state index contributed by atoms with van der Waals surface area (Å²) < 4.78 is 0. The highest BCUT2D eigenvalue weighted by Gasteiger charge is 2.61. The van der Waals surface area contributed by atoms with E-state index in [9.17, 15) is 14.4 Å². The molecule has 2 atom stereocenters. The van der Waals surface area contributed by atoms with Crippen LogP contribution in [0.5, 0.6) is 0 Å². The maximum absolute atomic E-state index is 13.5. The molecule has 0 bridgehead atoms. The standard InChI is InChI=1S/C24H24N2O3S/c1-16-10-12-18(13-11-16)26-22(29)19(15-21(28)25-17-7-3-2-4-8-17)24(23(26)30)14-6-5-9-20(24)27/h2-4,7-8,10-13,19H,5-6,9,14-15H2,1H3,(H,25,28). The number of hydrogen-bond acceptors (Lipinski definition) is 4. The number of thiocarbonyl (C=S) groups is 1. The van der Waals surface area contributed by atoms with Crippen molar-refractivity contribution < 1.29 is 14.4 Å². The Morgan fingerprint density at radius 3 is 2.47 bits per heavy atom. The molecule has 0 aromatic heterocycles. The minimum Gasteiger partial charge on any atom is -0.326 e. The van der Waals surface area contributed by atoms with Gasteiger partial charge < -0.3 is 5.32 Å². The fourth-order valence-corrected chi connectivity index (χ4v) is 5.13. The van der Waals surface area contributed by atoms with E-state index in [2.05, 4.69) is 5.32 Å². The highest BCUT2D eigenvalue weighted by atomic mass is 32.1. The van der Waals surface area contributed by atoms with Crippen molar-refractivity contribution in [2.45, 2.75) is 39.0 Å². The molecule has 1 aliphatic carbocycles. The molecule has 2 aromatic carbocycles.